The number of phenols is 1. The van der Waals surface area contributed by atoms with Crippen LogP contribution in [-0.4, -0.2) is 30.2 Å². The number of anilines is 1. The zero-order chi connectivity index (χ0) is 17.7. The molecule has 0 bridgehead atoms. The molecule has 2 aromatic carbocycles. The second-order valence-electron chi connectivity index (χ2n) is 4.90. The third kappa shape index (κ3) is 4.01. The fourth-order valence-corrected chi connectivity index (χ4v) is 1.91. The summed E-state index contributed by atoms with van der Waals surface area (Å²) in [5.41, 5.74) is 0.254. The fourth-order valence-electron chi connectivity index (χ4n) is 1.91. The van der Waals surface area contributed by atoms with E-state index in [0.717, 1.165) is 0 Å². The normalized spacial score (nSPS) is 11.5. The van der Waals surface area contributed by atoms with E-state index in [-0.39, 0.29) is 17.1 Å². The zero-order valence-electron chi connectivity index (χ0n) is 13.1. The Bertz CT molecular complexity index is 745. The number of carbonyl (C=O) groups is 2. The molecular formula is C17H16FNO5. The van der Waals surface area contributed by atoms with Gasteiger partial charge in [-0.2, -0.15) is 0 Å². The quantitative estimate of drug-likeness (QED) is 0.822. The summed E-state index contributed by atoms with van der Waals surface area (Å²) in [6.07, 6.45) is -1.12. The Morgan fingerprint density at radius 3 is 2.46 bits per heavy atom. The summed E-state index contributed by atoms with van der Waals surface area (Å²) in [6.45, 7) is 1.38. The average molecular weight is 333 g/mol. The Kier molecular flexibility index (Phi) is 5.36. The highest BCUT2D eigenvalue weighted by atomic mass is 19.1. The number of halogens is 1. The second kappa shape index (κ2) is 7.45. The van der Waals surface area contributed by atoms with Crippen molar-refractivity contribution < 1.29 is 28.6 Å². The molecule has 0 aliphatic heterocycles. The van der Waals surface area contributed by atoms with Crippen molar-refractivity contribution >= 4 is 17.6 Å². The number of para-hydroxylation sites is 1. The van der Waals surface area contributed by atoms with Gasteiger partial charge in [-0.25, -0.2) is 9.18 Å². The van der Waals surface area contributed by atoms with E-state index < -0.39 is 23.8 Å². The maximum Gasteiger partial charge on any atom is 0.342 e. The van der Waals surface area contributed by atoms with Crippen molar-refractivity contribution in [2.24, 2.45) is 0 Å². The molecule has 7 heteroatoms. The molecule has 1 amide bonds. The Hall–Kier alpha value is -3.09. The van der Waals surface area contributed by atoms with Crippen LogP contribution in [0.15, 0.2) is 42.5 Å². The van der Waals surface area contributed by atoms with E-state index in [1.54, 1.807) is 0 Å². The van der Waals surface area contributed by atoms with Gasteiger partial charge in [0, 0.05) is 5.69 Å². The molecule has 0 spiro atoms. The number of aromatic hydroxyl groups is 1. The van der Waals surface area contributed by atoms with Crippen LogP contribution in [0.25, 0.3) is 0 Å². The SMILES string of the molecule is COc1cccc(C(=O)O[C@@H](C)C(=O)Nc2ccc(F)cc2)c1O. The van der Waals surface area contributed by atoms with Crippen LogP contribution in [0.5, 0.6) is 11.5 Å². The molecular weight excluding hydrogens is 317 g/mol. The Labute approximate surface area is 137 Å². The van der Waals surface area contributed by atoms with Crippen LogP contribution in [0.2, 0.25) is 0 Å². The van der Waals surface area contributed by atoms with E-state index in [9.17, 15) is 19.1 Å². The summed E-state index contributed by atoms with van der Waals surface area (Å²) >= 11 is 0. The van der Waals surface area contributed by atoms with Crippen LogP contribution >= 0.6 is 0 Å². The summed E-state index contributed by atoms with van der Waals surface area (Å²) in [5.74, 6) is -2.13. The minimum absolute atomic E-state index is 0.115. The first kappa shape index (κ1) is 17.3. The van der Waals surface area contributed by atoms with Crippen molar-refractivity contribution in [3.05, 3.63) is 53.8 Å². The van der Waals surface area contributed by atoms with Gasteiger partial charge >= 0.3 is 5.97 Å². The number of nitrogens with one attached hydrogen (secondary N) is 1. The topological polar surface area (TPSA) is 84.9 Å². The van der Waals surface area contributed by atoms with Gasteiger partial charge in [0.1, 0.15) is 11.4 Å². The lowest BCUT2D eigenvalue weighted by atomic mass is 10.2. The van der Waals surface area contributed by atoms with E-state index in [1.807, 2.05) is 0 Å². The lowest BCUT2D eigenvalue weighted by Crippen LogP contribution is -2.30. The van der Waals surface area contributed by atoms with Gasteiger partial charge in [0.05, 0.1) is 7.11 Å². The summed E-state index contributed by atoms with van der Waals surface area (Å²) in [6, 6.07) is 9.51. The van der Waals surface area contributed by atoms with Crippen molar-refractivity contribution in [1.82, 2.24) is 0 Å². The van der Waals surface area contributed by atoms with Crippen LogP contribution in [0.4, 0.5) is 10.1 Å². The van der Waals surface area contributed by atoms with Crippen molar-refractivity contribution in [2.75, 3.05) is 12.4 Å². The highest BCUT2D eigenvalue weighted by molar-refractivity contribution is 5.98. The van der Waals surface area contributed by atoms with Gasteiger partial charge in [0.2, 0.25) is 0 Å². The predicted molar refractivity (Wildman–Crippen MR) is 84.6 cm³/mol. The van der Waals surface area contributed by atoms with Gasteiger partial charge in [-0.05, 0) is 43.3 Å². The molecule has 2 N–H and O–H groups in total. The number of carbonyl (C=O) groups excluding carboxylic acids is 2. The first-order valence-corrected chi connectivity index (χ1v) is 7.05. The first-order valence-electron chi connectivity index (χ1n) is 7.05. The minimum Gasteiger partial charge on any atom is -0.504 e. The molecule has 126 valence electrons. The van der Waals surface area contributed by atoms with Crippen molar-refractivity contribution in [1.29, 1.82) is 0 Å². The summed E-state index contributed by atoms with van der Waals surface area (Å²) in [7, 11) is 1.35. The lowest BCUT2D eigenvalue weighted by Gasteiger charge is -2.14. The average Bonchev–Trinajstić information content (AvgIpc) is 2.56. The largest absolute Gasteiger partial charge is 0.504 e. The summed E-state index contributed by atoms with van der Waals surface area (Å²) in [4.78, 5) is 24.1. The minimum atomic E-state index is -1.12. The maximum atomic E-state index is 12.8. The van der Waals surface area contributed by atoms with Crippen molar-refractivity contribution in [3.63, 3.8) is 0 Å². The van der Waals surface area contributed by atoms with Gasteiger partial charge in [-0.15, -0.1) is 0 Å². The molecule has 6 nitrogen and oxygen atoms in total. The third-order valence-corrected chi connectivity index (χ3v) is 3.20. The molecule has 0 saturated heterocycles. The first-order chi connectivity index (χ1) is 11.4. The standard InChI is InChI=1S/C17H16FNO5/c1-10(16(21)19-12-8-6-11(18)7-9-12)24-17(22)13-4-3-5-14(23-2)15(13)20/h3-10,20H,1-2H3,(H,19,21)/t10-/m0/s1. The number of benzene rings is 2. The van der Waals surface area contributed by atoms with Gasteiger partial charge in [0.15, 0.2) is 17.6 Å². The fraction of sp³-hybridized carbons (Fsp3) is 0.176. The van der Waals surface area contributed by atoms with Crippen LogP contribution in [0.1, 0.15) is 17.3 Å². The van der Waals surface area contributed by atoms with Crippen LogP contribution < -0.4 is 10.1 Å². The number of amides is 1. The predicted octanol–water partition coefficient (Wildman–Crippen LogP) is 2.72. The van der Waals surface area contributed by atoms with Crippen molar-refractivity contribution in [3.8, 4) is 11.5 Å². The highest BCUT2D eigenvalue weighted by Crippen LogP contribution is 2.30. The molecule has 2 aromatic rings. The molecule has 0 heterocycles. The summed E-state index contributed by atoms with van der Waals surface area (Å²) in [5, 5.41) is 12.4. The Morgan fingerprint density at radius 1 is 1.17 bits per heavy atom. The van der Waals surface area contributed by atoms with Crippen LogP contribution in [0.3, 0.4) is 0 Å². The lowest BCUT2D eigenvalue weighted by molar-refractivity contribution is -0.123. The highest BCUT2D eigenvalue weighted by Gasteiger charge is 2.22. The van der Waals surface area contributed by atoms with E-state index in [2.05, 4.69) is 5.32 Å². The molecule has 0 radical (unpaired) electrons. The van der Waals surface area contributed by atoms with Crippen LogP contribution in [0, 0.1) is 5.82 Å². The van der Waals surface area contributed by atoms with Gasteiger partial charge in [0.25, 0.3) is 5.91 Å². The number of hydrogen-bond donors (Lipinski definition) is 2. The van der Waals surface area contributed by atoms with E-state index >= 15 is 0 Å². The maximum absolute atomic E-state index is 12.8. The van der Waals surface area contributed by atoms with Crippen molar-refractivity contribution in [2.45, 2.75) is 13.0 Å². The zero-order valence-corrected chi connectivity index (χ0v) is 13.1. The number of ether oxygens (including phenoxy) is 2. The van der Waals surface area contributed by atoms with Gasteiger partial charge < -0.3 is 19.9 Å². The molecule has 0 saturated carbocycles. The third-order valence-electron chi connectivity index (χ3n) is 3.20. The molecule has 0 fully saturated rings. The Morgan fingerprint density at radius 2 is 1.83 bits per heavy atom. The molecule has 0 aromatic heterocycles. The number of hydrogen-bond acceptors (Lipinski definition) is 5. The summed E-state index contributed by atoms with van der Waals surface area (Å²) < 4.78 is 22.8. The number of phenolic OH excluding ortho intramolecular Hbond substituents is 1. The van der Waals surface area contributed by atoms with Crippen LogP contribution in [-0.2, 0) is 9.53 Å². The number of rotatable bonds is 5. The van der Waals surface area contributed by atoms with E-state index in [4.69, 9.17) is 9.47 Å². The molecule has 1 atom stereocenters. The van der Waals surface area contributed by atoms with Gasteiger partial charge in [-0.1, -0.05) is 6.07 Å². The molecule has 0 unspecified atom stereocenters. The second-order valence-corrected chi connectivity index (χ2v) is 4.90. The molecule has 0 aliphatic carbocycles. The Balaban J connectivity index is 2.03. The molecule has 24 heavy (non-hydrogen) atoms. The smallest absolute Gasteiger partial charge is 0.342 e. The van der Waals surface area contributed by atoms with E-state index in [0.29, 0.717) is 5.69 Å². The number of esters is 1. The molecule has 0 aliphatic rings. The van der Waals surface area contributed by atoms with Gasteiger partial charge in [-0.3, -0.25) is 4.79 Å². The molecule has 2 rings (SSSR count). The van der Waals surface area contributed by atoms with E-state index in [1.165, 1.54) is 56.5 Å². The monoisotopic (exact) mass is 333 g/mol. The number of methoxy groups -OCH3 is 1.